The molecule has 0 radical (unpaired) electrons. The van der Waals surface area contributed by atoms with Crippen LogP contribution in [0, 0.1) is 5.92 Å². The Kier molecular flexibility index (Phi) is 4.44. The molecule has 28 heavy (non-hydrogen) atoms. The molecule has 2 atom stereocenters. The van der Waals surface area contributed by atoms with Crippen molar-refractivity contribution in [2.75, 3.05) is 26.3 Å². The third-order valence-corrected chi connectivity index (χ3v) is 5.84. The summed E-state index contributed by atoms with van der Waals surface area (Å²) in [5, 5.41) is 12.5. The number of ether oxygens (including phenoxy) is 1. The number of hydrogen-bond acceptors (Lipinski definition) is 8. The monoisotopic (exact) mass is 385 g/mol. The number of nitrogens with one attached hydrogen (secondary N) is 1. The highest BCUT2D eigenvalue weighted by Crippen LogP contribution is 2.31. The Balaban J connectivity index is 1.44. The van der Waals surface area contributed by atoms with Crippen molar-refractivity contribution in [1.29, 1.82) is 0 Å². The molecule has 2 unspecified atom stereocenters. The Bertz CT molecular complexity index is 1010. The molecule has 2 fully saturated rings. The van der Waals surface area contributed by atoms with Crippen molar-refractivity contribution in [3.8, 4) is 0 Å². The van der Waals surface area contributed by atoms with E-state index in [0.29, 0.717) is 29.7 Å². The minimum atomic E-state index is -0.140. The van der Waals surface area contributed by atoms with Gasteiger partial charge < -0.3 is 14.1 Å². The third kappa shape index (κ3) is 3.12. The number of aromatic amines is 1. The van der Waals surface area contributed by atoms with Gasteiger partial charge in [0.25, 0.3) is 5.56 Å². The van der Waals surface area contributed by atoms with E-state index < -0.39 is 0 Å². The van der Waals surface area contributed by atoms with Crippen molar-refractivity contribution < 1.29 is 9.15 Å². The van der Waals surface area contributed by atoms with E-state index in [0.717, 1.165) is 45.0 Å². The summed E-state index contributed by atoms with van der Waals surface area (Å²) in [6.07, 6.45) is 4.78. The summed E-state index contributed by atoms with van der Waals surface area (Å²) < 4.78 is 12.5. The van der Waals surface area contributed by atoms with E-state index in [2.05, 4.69) is 32.0 Å². The molecule has 5 rings (SSSR count). The molecule has 0 amide bonds. The molecule has 10 nitrogen and oxygen atoms in total. The quantitative estimate of drug-likeness (QED) is 0.705. The van der Waals surface area contributed by atoms with E-state index >= 15 is 0 Å². The zero-order valence-electron chi connectivity index (χ0n) is 15.7. The maximum Gasteiger partial charge on any atom is 0.276 e. The lowest BCUT2D eigenvalue weighted by atomic mass is 9.97. The molecule has 1 N–H and O–H groups in total. The van der Waals surface area contributed by atoms with Crippen LogP contribution in [0.3, 0.4) is 0 Å². The average molecular weight is 385 g/mol. The Hall–Kier alpha value is -2.59. The first-order valence-electron chi connectivity index (χ1n) is 9.72. The number of nitrogens with zero attached hydrogens (tertiary/aromatic N) is 6. The van der Waals surface area contributed by atoms with Gasteiger partial charge in [-0.25, -0.2) is 9.50 Å². The molecule has 0 bridgehead atoms. The Labute approximate surface area is 160 Å². The molecule has 0 aromatic carbocycles. The zero-order chi connectivity index (χ0) is 19.1. The van der Waals surface area contributed by atoms with Crippen LogP contribution in [0.5, 0.6) is 0 Å². The maximum atomic E-state index is 12.7. The van der Waals surface area contributed by atoms with Crippen molar-refractivity contribution in [1.82, 2.24) is 34.7 Å². The zero-order valence-corrected chi connectivity index (χ0v) is 15.7. The summed E-state index contributed by atoms with van der Waals surface area (Å²) in [6, 6.07) is 0. The van der Waals surface area contributed by atoms with Crippen molar-refractivity contribution in [3.63, 3.8) is 0 Å². The smallest absolute Gasteiger partial charge is 0.276 e. The van der Waals surface area contributed by atoms with Gasteiger partial charge in [0.2, 0.25) is 12.3 Å². The molecule has 2 aliphatic heterocycles. The van der Waals surface area contributed by atoms with Crippen molar-refractivity contribution >= 4 is 5.52 Å². The minimum absolute atomic E-state index is 0.130. The average Bonchev–Trinajstić information content (AvgIpc) is 3.43. The summed E-state index contributed by atoms with van der Waals surface area (Å²) in [6.45, 7) is 5.88. The molecular weight excluding hydrogens is 362 g/mol. The SMILES string of the molecule is CC1CN(Cc2nnco2)CC1c1nn2c(C3CCOCC3)ncc2c(=O)[nH]1. The predicted molar refractivity (Wildman–Crippen MR) is 97.9 cm³/mol. The van der Waals surface area contributed by atoms with Gasteiger partial charge in [-0.05, 0) is 18.8 Å². The number of likely N-dealkylation sites (tertiary alicyclic amines) is 1. The van der Waals surface area contributed by atoms with Gasteiger partial charge in [-0.1, -0.05) is 6.92 Å². The summed E-state index contributed by atoms with van der Waals surface area (Å²) in [5.74, 6) is 2.92. The second-order valence-corrected chi connectivity index (χ2v) is 7.75. The van der Waals surface area contributed by atoms with Crippen LogP contribution in [0.1, 0.15) is 49.1 Å². The first-order valence-corrected chi connectivity index (χ1v) is 9.72. The lowest BCUT2D eigenvalue weighted by Crippen LogP contribution is -2.24. The van der Waals surface area contributed by atoms with Crippen LogP contribution < -0.4 is 5.56 Å². The molecular formula is C18H23N7O3. The fraction of sp³-hybridized carbons (Fsp3) is 0.611. The van der Waals surface area contributed by atoms with Crippen LogP contribution in [0.4, 0.5) is 0 Å². The second-order valence-electron chi connectivity index (χ2n) is 7.75. The fourth-order valence-electron chi connectivity index (χ4n) is 4.34. The summed E-state index contributed by atoms with van der Waals surface area (Å²) in [5.41, 5.74) is 0.358. The van der Waals surface area contributed by atoms with E-state index in [-0.39, 0.29) is 17.4 Å². The van der Waals surface area contributed by atoms with Crippen LogP contribution in [0.2, 0.25) is 0 Å². The van der Waals surface area contributed by atoms with Gasteiger partial charge in [0, 0.05) is 38.1 Å². The van der Waals surface area contributed by atoms with Gasteiger partial charge >= 0.3 is 0 Å². The van der Waals surface area contributed by atoms with Crippen molar-refractivity contribution in [2.45, 2.75) is 38.1 Å². The van der Waals surface area contributed by atoms with E-state index in [1.807, 2.05) is 0 Å². The van der Waals surface area contributed by atoms with Crippen molar-refractivity contribution in [2.24, 2.45) is 5.92 Å². The molecule has 0 aliphatic carbocycles. The van der Waals surface area contributed by atoms with E-state index in [4.69, 9.17) is 14.3 Å². The van der Waals surface area contributed by atoms with Gasteiger partial charge in [0.05, 0.1) is 12.7 Å². The van der Waals surface area contributed by atoms with Crippen LogP contribution in [0.15, 0.2) is 21.8 Å². The topological polar surface area (TPSA) is 114 Å². The Morgan fingerprint density at radius 3 is 2.93 bits per heavy atom. The number of rotatable bonds is 4. The molecule has 3 aromatic rings. The molecule has 2 saturated heterocycles. The van der Waals surface area contributed by atoms with E-state index in [9.17, 15) is 4.79 Å². The maximum absolute atomic E-state index is 12.7. The second kappa shape index (κ2) is 7.10. The summed E-state index contributed by atoms with van der Waals surface area (Å²) >= 11 is 0. The predicted octanol–water partition coefficient (Wildman–Crippen LogP) is 0.930. The fourth-order valence-corrected chi connectivity index (χ4v) is 4.34. The normalized spacial score (nSPS) is 24.3. The first-order chi connectivity index (χ1) is 13.7. The Morgan fingerprint density at radius 1 is 1.29 bits per heavy atom. The van der Waals surface area contributed by atoms with Gasteiger partial charge in [-0.15, -0.1) is 10.2 Å². The molecule has 0 saturated carbocycles. The lowest BCUT2D eigenvalue weighted by molar-refractivity contribution is 0.0832. The number of fused-ring (bicyclic) bond motifs is 1. The van der Waals surface area contributed by atoms with E-state index in [1.165, 1.54) is 6.39 Å². The first kappa shape index (κ1) is 17.5. The molecule has 0 spiro atoms. The van der Waals surface area contributed by atoms with Crippen LogP contribution in [-0.2, 0) is 11.3 Å². The number of H-pyrrole nitrogens is 1. The number of hydrogen-bond donors (Lipinski definition) is 1. The summed E-state index contributed by atoms with van der Waals surface area (Å²) in [4.78, 5) is 22.4. The van der Waals surface area contributed by atoms with Gasteiger partial charge in [-0.2, -0.15) is 5.10 Å². The molecule has 2 aliphatic rings. The standard InChI is InChI=1S/C18H23N7O3/c1-11-7-24(9-15-22-20-10-28-15)8-13(11)16-21-18(26)14-6-19-17(25(14)23-16)12-2-4-27-5-3-12/h6,10-13H,2-5,7-9H2,1H3,(H,21,23,26). The summed E-state index contributed by atoms with van der Waals surface area (Å²) in [7, 11) is 0. The largest absolute Gasteiger partial charge is 0.427 e. The molecule has 3 aromatic heterocycles. The van der Waals surface area contributed by atoms with Gasteiger partial charge in [-0.3, -0.25) is 9.69 Å². The number of imidazole rings is 1. The minimum Gasteiger partial charge on any atom is -0.427 e. The molecule has 148 valence electrons. The van der Waals surface area contributed by atoms with Crippen LogP contribution in [0.25, 0.3) is 5.52 Å². The van der Waals surface area contributed by atoms with E-state index in [1.54, 1.807) is 10.7 Å². The van der Waals surface area contributed by atoms with Crippen molar-refractivity contribution in [3.05, 3.63) is 40.5 Å². The molecule has 10 heteroatoms. The highest BCUT2D eigenvalue weighted by Gasteiger charge is 2.34. The van der Waals surface area contributed by atoms with Gasteiger partial charge in [0.1, 0.15) is 11.6 Å². The highest BCUT2D eigenvalue weighted by molar-refractivity contribution is 5.42. The van der Waals surface area contributed by atoms with Gasteiger partial charge in [0.15, 0.2) is 5.52 Å². The Morgan fingerprint density at radius 2 is 2.14 bits per heavy atom. The van der Waals surface area contributed by atoms with Crippen LogP contribution >= 0.6 is 0 Å². The van der Waals surface area contributed by atoms with Crippen LogP contribution in [-0.4, -0.2) is 61.0 Å². The third-order valence-electron chi connectivity index (χ3n) is 5.84. The number of aromatic nitrogens is 6. The highest BCUT2D eigenvalue weighted by atomic mass is 16.5. The lowest BCUT2D eigenvalue weighted by Gasteiger charge is -2.21. The molecule has 5 heterocycles.